The zero-order valence-corrected chi connectivity index (χ0v) is 18.6. The number of para-hydroxylation sites is 2. The maximum atomic E-state index is 12.6. The second-order valence-electron chi connectivity index (χ2n) is 7.62. The van der Waals surface area contributed by atoms with Crippen LogP contribution in [-0.4, -0.2) is 32.6 Å². The molecule has 170 valence electrons. The number of aromatic nitrogens is 3. The monoisotopic (exact) mass is 455 g/mol. The number of ether oxygens (including phenoxy) is 1. The van der Waals surface area contributed by atoms with Gasteiger partial charge in [-0.3, -0.25) is 23.5 Å². The number of nitrogens with one attached hydrogen (secondary N) is 1. The normalized spacial score (nSPS) is 10.6. The van der Waals surface area contributed by atoms with Gasteiger partial charge in [0, 0.05) is 11.4 Å². The summed E-state index contributed by atoms with van der Waals surface area (Å²) in [5.41, 5.74) is 2.80. The van der Waals surface area contributed by atoms with Crippen LogP contribution >= 0.6 is 0 Å². The molecule has 0 unspecified atom stereocenters. The third-order valence-corrected chi connectivity index (χ3v) is 5.49. The van der Waals surface area contributed by atoms with Gasteiger partial charge >= 0.3 is 5.97 Å². The first-order valence-electron chi connectivity index (χ1n) is 10.5. The molecule has 2 aromatic heterocycles. The lowest BCUT2D eigenvalue weighted by Gasteiger charge is -2.13. The number of anilines is 1. The number of nitrogens with zero attached hydrogens (tertiary/aromatic N) is 4. The summed E-state index contributed by atoms with van der Waals surface area (Å²) in [5.74, 6) is -1.07. The van der Waals surface area contributed by atoms with Gasteiger partial charge in [0.25, 0.3) is 11.5 Å². The summed E-state index contributed by atoms with van der Waals surface area (Å²) in [5, 5.41) is 12.7. The van der Waals surface area contributed by atoms with E-state index in [0.717, 1.165) is 21.5 Å². The minimum absolute atomic E-state index is 0.305. The lowest BCUT2D eigenvalue weighted by atomic mass is 10.2. The van der Waals surface area contributed by atoms with Crippen LogP contribution in [0.2, 0.25) is 0 Å². The minimum atomic E-state index is -0.763. The van der Waals surface area contributed by atoms with E-state index in [1.54, 1.807) is 35.8 Å². The fourth-order valence-electron chi connectivity index (χ4n) is 3.68. The smallest absolute Gasteiger partial charge is 0.326 e. The molecule has 1 amide bonds. The zero-order chi connectivity index (χ0) is 24.2. The zero-order valence-electron chi connectivity index (χ0n) is 18.6. The molecule has 2 heterocycles. The molecular weight excluding hydrogens is 434 g/mol. The summed E-state index contributed by atoms with van der Waals surface area (Å²) in [4.78, 5) is 41.6. The number of rotatable bonds is 6. The van der Waals surface area contributed by atoms with Crippen LogP contribution in [-0.2, 0) is 20.9 Å². The standard InChI is InChI=1S/C25H21N5O4/c1-16-17(2)30(18-8-4-3-5-9-18)24(20(16)12-26)28-22(31)14-34-23(32)13-29-15-27-21-11-7-6-10-19(21)25(29)33/h3-11,15H,13-14H2,1-2H3,(H,28,31). The molecule has 0 bridgehead atoms. The van der Waals surface area contributed by atoms with Crippen molar-refractivity contribution < 1.29 is 14.3 Å². The Morgan fingerprint density at radius 2 is 1.79 bits per heavy atom. The summed E-state index contributed by atoms with van der Waals surface area (Å²) >= 11 is 0. The van der Waals surface area contributed by atoms with Gasteiger partial charge < -0.3 is 10.1 Å². The van der Waals surface area contributed by atoms with Gasteiger partial charge in [-0.15, -0.1) is 0 Å². The van der Waals surface area contributed by atoms with Crippen LogP contribution in [0.3, 0.4) is 0 Å². The second kappa shape index (κ2) is 9.42. The highest BCUT2D eigenvalue weighted by Crippen LogP contribution is 2.29. The van der Waals surface area contributed by atoms with Crippen molar-refractivity contribution >= 4 is 28.6 Å². The Morgan fingerprint density at radius 3 is 2.53 bits per heavy atom. The Labute approximate surface area is 194 Å². The van der Waals surface area contributed by atoms with E-state index in [9.17, 15) is 19.6 Å². The number of amides is 1. The summed E-state index contributed by atoms with van der Waals surface area (Å²) in [7, 11) is 0. The minimum Gasteiger partial charge on any atom is -0.454 e. The number of hydrogen-bond acceptors (Lipinski definition) is 6. The van der Waals surface area contributed by atoms with Gasteiger partial charge in [-0.1, -0.05) is 30.3 Å². The molecule has 0 fully saturated rings. The number of carbonyl (C=O) groups excluding carboxylic acids is 2. The molecule has 0 spiro atoms. The maximum absolute atomic E-state index is 12.6. The number of nitriles is 1. The molecule has 0 saturated carbocycles. The lowest BCUT2D eigenvalue weighted by molar-refractivity contribution is -0.147. The average molecular weight is 455 g/mol. The van der Waals surface area contributed by atoms with Gasteiger partial charge in [-0.25, -0.2) is 4.98 Å². The first-order chi connectivity index (χ1) is 16.4. The van der Waals surface area contributed by atoms with E-state index in [0.29, 0.717) is 22.3 Å². The lowest BCUT2D eigenvalue weighted by Crippen LogP contribution is -2.28. The maximum Gasteiger partial charge on any atom is 0.326 e. The highest BCUT2D eigenvalue weighted by molar-refractivity contribution is 5.94. The van der Waals surface area contributed by atoms with Crippen LogP contribution in [0, 0.1) is 25.2 Å². The number of hydrogen-bond donors (Lipinski definition) is 1. The van der Waals surface area contributed by atoms with Gasteiger partial charge in [0.05, 0.1) is 22.8 Å². The Hall–Kier alpha value is -4.71. The molecule has 4 aromatic rings. The van der Waals surface area contributed by atoms with Crippen molar-refractivity contribution in [1.29, 1.82) is 5.26 Å². The molecule has 0 radical (unpaired) electrons. The summed E-state index contributed by atoms with van der Waals surface area (Å²) < 4.78 is 7.97. The van der Waals surface area contributed by atoms with E-state index >= 15 is 0 Å². The molecule has 0 aliphatic heterocycles. The van der Waals surface area contributed by atoms with E-state index in [4.69, 9.17) is 4.74 Å². The third-order valence-electron chi connectivity index (χ3n) is 5.49. The molecule has 0 aliphatic carbocycles. The molecule has 0 aliphatic rings. The van der Waals surface area contributed by atoms with Crippen molar-refractivity contribution in [2.45, 2.75) is 20.4 Å². The van der Waals surface area contributed by atoms with E-state index in [2.05, 4.69) is 16.4 Å². The van der Waals surface area contributed by atoms with Crippen LogP contribution in [0.15, 0.2) is 65.7 Å². The fourth-order valence-corrected chi connectivity index (χ4v) is 3.68. The predicted octanol–water partition coefficient (Wildman–Crippen LogP) is 2.86. The van der Waals surface area contributed by atoms with Gasteiger partial charge in [0.15, 0.2) is 6.61 Å². The number of benzene rings is 2. The molecular formula is C25H21N5O4. The van der Waals surface area contributed by atoms with Crippen LogP contribution in [0.5, 0.6) is 0 Å². The third kappa shape index (κ3) is 4.29. The molecule has 0 saturated heterocycles. The quantitative estimate of drug-likeness (QED) is 0.447. The van der Waals surface area contributed by atoms with Gasteiger partial charge in [-0.05, 0) is 43.7 Å². The second-order valence-corrected chi connectivity index (χ2v) is 7.62. The van der Waals surface area contributed by atoms with Crippen LogP contribution in [0.4, 0.5) is 5.82 Å². The molecule has 34 heavy (non-hydrogen) atoms. The van der Waals surface area contributed by atoms with Crippen LogP contribution < -0.4 is 10.9 Å². The van der Waals surface area contributed by atoms with Crippen molar-refractivity contribution in [1.82, 2.24) is 14.1 Å². The van der Waals surface area contributed by atoms with Gasteiger partial charge in [0.2, 0.25) is 0 Å². The molecule has 9 heteroatoms. The first-order valence-corrected chi connectivity index (χ1v) is 10.5. The highest BCUT2D eigenvalue weighted by Gasteiger charge is 2.21. The molecule has 0 atom stereocenters. The molecule has 2 aromatic carbocycles. The van der Waals surface area contributed by atoms with E-state index in [1.807, 2.05) is 37.3 Å². The number of carbonyl (C=O) groups is 2. The summed E-state index contributed by atoms with van der Waals surface area (Å²) in [6.07, 6.45) is 1.27. The summed E-state index contributed by atoms with van der Waals surface area (Å²) in [6, 6.07) is 18.2. The van der Waals surface area contributed by atoms with Gasteiger partial charge in [0.1, 0.15) is 18.4 Å². The highest BCUT2D eigenvalue weighted by atomic mass is 16.5. The van der Waals surface area contributed by atoms with Gasteiger partial charge in [-0.2, -0.15) is 5.26 Å². The summed E-state index contributed by atoms with van der Waals surface area (Å²) in [6.45, 7) is 2.70. The van der Waals surface area contributed by atoms with Crippen LogP contribution in [0.1, 0.15) is 16.8 Å². The Kier molecular flexibility index (Phi) is 6.23. The topological polar surface area (TPSA) is 119 Å². The van der Waals surface area contributed by atoms with Crippen molar-refractivity contribution in [3.8, 4) is 11.8 Å². The predicted molar refractivity (Wildman–Crippen MR) is 126 cm³/mol. The van der Waals surface area contributed by atoms with Crippen molar-refractivity contribution in [2.75, 3.05) is 11.9 Å². The van der Waals surface area contributed by atoms with Crippen LogP contribution in [0.25, 0.3) is 16.6 Å². The van der Waals surface area contributed by atoms with E-state index in [1.165, 1.54) is 6.33 Å². The Bertz CT molecular complexity index is 1500. The van der Waals surface area contributed by atoms with Crippen molar-refractivity contribution in [2.24, 2.45) is 0 Å². The Morgan fingerprint density at radius 1 is 1.09 bits per heavy atom. The van der Waals surface area contributed by atoms with Crippen molar-refractivity contribution in [3.05, 3.63) is 88.1 Å². The van der Waals surface area contributed by atoms with E-state index < -0.39 is 18.5 Å². The first kappa shape index (κ1) is 22.5. The van der Waals surface area contributed by atoms with Crippen molar-refractivity contribution in [3.63, 3.8) is 0 Å². The van der Waals surface area contributed by atoms with E-state index in [-0.39, 0.29) is 12.1 Å². The average Bonchev–Trinajstić information content (AvgIpc) is 3.08. The largest absolute Gasteiger partial charge is 0.454 e. The number of fused-ring (bicyclic) bond motifs is 1. The molecule has 4 rings (SSSR count). The SMILES string of the molecule is Cc1c(C#N)c(NC(=O)COC(=O)Cn2cnc3ccccc3c2=O)n(-c2ccccc2)c1C. The fraction of sp³-hybridized carbons (Fsp3) is 0.160. The molecule has 9 nitrogen and oxygen atoms in total. The number of esters is 1. The Balaban J connectivity index is 1.47. The molecule has 1 N–H and O–H groups in total.